The van der Waals surface area contributed by atoms with Gasteiger partial charge in [-0.2, -0.15) is 0 Å². The van der Waals surface area contributed by atoms with Gasteiger partial charge < -0.3 is 9.63 Å². The number of rotatable bonds is 4. The summed E-state index contributed by atoms with van der Waals surface area (Å²) in [6, 6.07) is 6.70. The first-order chi connectivity index (χ1) is 9.94. The van der Waals surface area contributed by atoms with E-state index in [1.54, 1.807) is 31.2 Å². The fourth-order valence-corrected chi connectivity index (χ4v) is 1.81. The largest absolute Gasteiger partial charge is 0.478 e. The first kappa shape index (κ1) is 14.5. The number of carboxylic acid groups (broad SMARTS) is 1. The molecule has 108 valence electrons. The van der Waals surface area contributed by atoms with Gasteiger partial charge in [-0.3, -0.25) is 10.1 Å². The van der Waals surface area contributed by atoms with Crippen molar-refractivity contribution in [1.82, 2.24) is 5.16 Å². The maximum Gasteiger partial charge on any atom is 0.328 e. The predicted octanol–water partition coefficient (Wildman–Crippen LogP) is 2.64. The molecule has 6 nitrogen and oxygen atoms in total. The zero-order valence-electron chi connectivity index (χ0n) is 11.6. The van der Waals surface area contributed by atoms with Crippen LogP contribution < -0.4 is 5.32 Å². The topological polar surface area (TPSA) is 92.4 Å². The van der Waals surface area contributed by atoms with Crippen LogP contribution in [-0.4, -0.2) is 22.1 Å². The smallest absolute Gasteiger partial charge is 0.328 e. The first-order valence-electron chi connectivity index (χ1n) is 6.21. The van der Waals surface area contributed by atoms with Crippen LogP contribution in [0.15, 0.2) is 34.9 Å². The summed E-state index contributed by atoms with van der Waals surface area (Å²) < 4.78 is 4.92. The molecule has 1 heterocycles. The van der Waals surface area contributed by atoms with E-state index in [4.69, 9.17) is 9.63 Å². The molecule has 0 bridgehead atoms. The van der Waals surface area contributed by atoms with Gasteiger partial charge in [-0.15, -0.1) is 0 Å². The molecule has 0 aliphatic heterocycles. The zero-order valence-corrected chi connectivity index (χ0v) is 11.6. The van der Waals surface area contributed by atoms with Crippen LogP contribution >= 0.6 is 0 Å². The summed E-state index contributed by atoms with van der Waals surface area (Å²) in [6.45, 7) is 3.58. The molecular formula is C15H14N2O4. The number of carbonyl (C=O) groups excluding carboxylic acids is 1. The lowest BCUT2D eigenvalue weighted by Crippen LogP contribution is -2.11. The van der Waals surface area contributed by atoms with E-state index >= 15 is 0 Å². The number of carbonyl (C=O) groups is 2. The highest BCUT2D eigenvalue weighted by atomic mass is 16.5. The molecular weight excluding hydrogens is 272 g/mol. The summed E-state index contributed by atoms with van der Waals surface area (Å²) in [4.78, 5) is 22.7. The first-order valence-corrected chi connectivity index (χ1v) is 6.21. The molecule has 1 aromatic carbocycles. The number of nitrogens with one attached hydrogen (secondary N) is 1. The molecule has 0 saturated carbocycles. The van der Waals surface area contributed by atoms with Crippen LogP contribution in [0.4, 0.5) is 5.88 Å². The Morgan fingerprint density at radius 1 is 1.24 bits per heavy atom. The Morgan fingerprint density at radius 3 is 2.62 bits per heavy atom. The molecule has 2 aromatic rings. The van der Waals surface area contributed by atoms with Gasteiger partial charge in [0.2, 0.25) is 5.88 Å². The van der Waals surface area contributed by atoms with Crippen LogP contribution in [0.3, 0.4) is 0 Å². The number of amides is 1. The Labute approximate surface area is 121 Å². The van der Waals surface area contributed by atoms with Gasteiger partial charge >= 0.3 is 5.97 Å². The third-order valence-corrected chi connectivity index (χ3v) is 2.64. The minimum Gasteiger partial charge on any atom is -0.478 e. The Morgan fingerprint density at radius 2 is 2.00 bits per heavy atom. The van der Waals surface area contributed by atoms with E-state index in [0.717, 1.165) is 11.6 Å². The SMILES string of the molecule is Cc1cc(/C=C/C(=O)O)cc(C(=O)Nc2cc(C)no2)c1. The number of hydrogen-bond donors (Lipinski definition) is 2. The van der Waals surface area contributed by atoms with Crippen molar-refractivity contribution in [2.75, 3.05) is 5.32 Å². The maximum absolute atomic E-state index is 12.1. The lowest BCUT2D eigenvalue weighted by molar-refractivity contribution is -0.131. The zero-order chi connectivity index (χ0) is 15.4. The monoisotopic (exact) mass is 286 g/mol. The normalized spacial score (nSPS) is 10.8. The molecule has 0 atom stereocenters. The van der Waals surface area contributed by atoms with Crippen molar-refractivity contribution in [2.45, 2.75) is 13.8 Å². The van der Waals surface area contributed by atoms with E-state index in [2.05, 4.69) is 10.5 Å². The van der Waals surface area contributed by atoms with Crippen molar-refractivity contribution in [3.8, 4) is 0 Å². The Bertz CT molecular complexity index is 716. The van der Waals surface area contributed by atoms with Crippen LogP contribution in [0.2, 0.25) is 0 Å². The van der Waals surface area contributed by atoms with Gasteiger partial charge in [0.05, 0.1) is 5.69 Å². The van der Waals surface area contributed by atoms with Crippen LogP contribution in [0.25, 0.3) is 6.08 Å². The standard InChI is InChI=1S/C15H14N2O4/c1-9-5-11(3-4-14(18)19)8-12(6-9)15(20)16-13-7-10(2)17-21-13/h3-8H,1-2H3,(H,16,20)(H,18,19)/b4-3+. The second kappa shape index (κ2) is 6.04. The molecule has 1 amide bonds. The molecule has 0 unspecified atom stereocenters. The van der Waals surface area contributed by atoms with Crippen molar-refractivity contribution in [3.63, 3.8) is 0 Å². The van der Waals surface area contributed by atoms with Crippen LogP contribution in [0.1, 0.15) is 27.2 Å². The molecule has 0 aliphatic carbocycles. The summed E-state index contributed by atoms with van der Waals surface area (Å²) in [6.07, 6.45) is 2.46. The van der Waals surface area contributed by atoms with Gasteiger partial charge in [0.15, 0.2) is 0 Å². The second-order valence-electron chi connectivity index (χ2n) is 4.59. The van der Waals surface area contributed by atoms with Gasteiger partial charge in [0, 0.05) is 17.7 Å². The predicted molar refractivity (Wildman–Crippen MR) is 77.0 cm³/mol. The maximum atomic E-state index is 12.1. The lowest BCUT2D eigenvalue weighted by atomic mass is 10.1. The van der Waals surface area contributed by atoms with Gasteiger partial charge in [-0.25, -0.2) is 4.79 Å². The molecule has 0 radical (unpaired) electrons. The van der Waals surface area contributed by atoms with Crippen molar-refractivity contribution in [1.29, 1.82) is 0 Å². The minimum absolute atomic E-state index is 0.265. The molecule has 6 heteroatoms. The summed E-state index contributed by atoms with van der Waals surface area (Å²) in [5, 5.41) is 14.9. The number of hydrogen-bond acceptors (Lipinski definition) is 4. The molecule has 21 heavy (non-hydrogen) atoms. The number of aliphatic carboxylic acids is 1. The highest BCUT2D eigenvalue weighted by Crippen LogP contribution is 2.15. The number of aromatic nitrogens is 1. The molecule has 1 aromatic heterocycles. The fraction of sp³-hybridized carbons (Fsp3) is 0.133. The number of nitrogens with zero attached hydrogens (tertiary/aromatic N) is 1. The average Bonchev–Trinajstić information content (AvgIpc) is 2.81. The third-order valence-electron chi connectivity index (χ3n) is 2.64. The van der Waals surface area contributed by atoms with Crippen molar-refractivity contribution < 1.29 is 19.2 Å². The quantitative estimate of drug-likeness (QED) is 0.843. The van der Waals surface area contributed by atoms with Crippen LogP contribution in [0, 0.1) is 13.8 Å². The van der Waals surface area contributed by atoms with Crippen molar-refractivity contribution in [2.24, 2.45) is 0 Å². The lowest BCUT2D eigenvalue weighted by Gasteiger charge is -2.04. The molecule has 0 aliphatic rings. The summed E-state index contributed by atoms with van der Waals surface area (Å²) >= 11 is 0. The number of anilines is 1. The van der Waals surface area contributed by atoms with E-state index in [0.29, 0.717) is 16.8 Å². The van der Waals surface area contributed by atoms with E-state index in [9.17, 15) is 9.59 Å². The molecule has 0 fully saturated rings. The fourth-order valence-electron chi connectivity index (χ4n) is 1.81. The summed E-state index contributed by atoms with van der Waals surface area (Å²) in [5.41, 5.74) is 2.56. The summed E-state index contributed by atoms with van der Waals surface area (Å²) in [7, 11) is 0. The third kappa shape index (κ3) is 4.04. The minimum atomic E-state index is -1.04. The molecule has 2 N–H and O–H groups in total. The number of carboxylic acids is 1. The van der Waals surface area contributed by atoms with E-state index in [-0.39, 0.29) is 11.8 Å². The molecule has 0 spiro atoms. The Hall–Kier alpha value is -2.89. The Balaban J connectivity index is 2.22. The van der Waals surface area contributed by atoms with Gasteiger partial charge in [0.1, 0.15) is 0 Å². The van der Waals surface area contributed by atoms with Gasteiger partial charge in [-0.1, -0.05) is 11.2 Å². The van der Waals surface area contributed by atoms with Crippen LogP contribution in [-0.2, 0) is 4.79 Å². The second-order valence-corrected chi connectivity index (χ2v) is 4.59. The van der Waals surface area contributed by atoms with Crippen LogP contribution in [0.5, 0.6) is 0 Å². The van der Waals surface area contributed by atoms with Gasteiger partial charge in [0.25, 0.3) is 5.91 Å². The Kier molecular flexibility index (Phi) is 4.18. The molecule has 2 rings (SSSR count). The highest BCUT2D eigenvalue weighted by Gasteiger charge is 2.10. The number of aryl methyl sites for hydroxylation is 2. The van der Waals surface area contributed by atoms with Crippen molar-refractivity contribution in [3.05, 3.63) is 52.7 Å². The summed E-state index contributed by atoms with van der Waals surface area (Å²) in [5.74, 6) is -1.12. The van der Waals surface area contributed by atoms with E-state index in [1.165, 1.54) is 6.08 Å². The average molecular weight is 286 g/mol. The van der Waals surface area contributed by atoms with Crippen molar-refractivity contribution >= 4 is 23.8 Å². The highest BCUT2D eigenvalue weighted by molar-refractivity contribution is 6.04. The van der Waals surface area contributed by atoms with Gasteiger partial charge in [-0.05, 0) is 43.2 Å². The van der Waals surface area contributed by atoms with E-state index in [1.807, 2.05) is 6.92 Å². The van der Waals surface area contributed by atoms with E-state index < -0.39 is 5.97 Å². The molecule has 0 saturated heterocycles. The number of benzene rings is 1.